The Hall–Kier alpha value is -2.70. The Morgan fingerprint density at radius 3 is 2.13 bits per heavy atom. The lowest BCUT2D eigenvalue weighted by atomic mass is 10.0. The van der Waals surface area contributed by atoms with Gasteiger partial charge in [-0.1, -0.05) is 84.0 Å². The van der Waals surface area contributed by atoms with Crippen LogP contribution < -0.4 is 17.0 Å². The van der Waals surface area contributed by atoms with Crippen LogP contribution in [0.15, 0.2) is 4.79 Å². The number of carbonyl (C=O) groups is 1. The van der Waals surface area contributed by atoms with Gasteiger partial charge in [-0.05, 0) is 6.42 Å². The minimum Gasteiger partial charge on any atom is -0.463 e. The van der Waals surface area contributed by atoms with Crippen LogP contribution in [0.2, 0.25) is 0 Å². The normalized spacial score (nSPS) is 21.3. The number of unbranched alkanes of at least 4 members (excludes halogenated alkanes) is 12. The van der Waals surface area contributed by atoms with E-state index in [1.807, 2.05) is 0 Å². The van der Waals surface area contributed by atoms with Gasteiger partial charge in [0.2, 0.25) is 11.9 Å². The molecule has 38 heavy (non-hydrogen) atoms. The summed E-state index contributed by atoms with van der Waals surface area (Å²) in [5.74, 6) is -0.675. The van der Waals surface area contributed by atoms with Gasteiger partial charge < -0.3 is 31.2 Å². The topological polar surface area (TPSA) is 192 Å². The Bertz CT molecular complexity index is 1070. The lowest BCUT2D eigenvalue weighted by Gasteiger charge is -2.17. The van der Waals surface area contributed by atoms with Gasteiger partial charge in [0.05, 0.1) is 0 Å². The highest BCUT2D eigenvalue weighted by Gasteiger charge is 2.45. The zero-order chi connectivity index (χ0) is 27.5. The molecule has 2 aromatic rings. The number of nitrogens with one attached hydrogen (secondary N) is 1. The molecular formula is C26H44N6O6. The van der Waals surface area contributed by atoms with Crippen LogP contribution in [-0.2, 0) is 14.3 Å². The van der Waals surface area contributed by atoms with Crippen molar-refractivity contribution in [2.24, 2.45) is 0 Å². The molecule has 4 atom stereocenters. The fourth-order valence-corrected chi connectivity index (χ4v) is 4.88. The number of nitrogen functional groups attached to an aromatic ring is 2. The zero-order valence-electron chi connectivity index (χ0n) is 22.4. The minimum absolute atomic E-state index is 0.0139. The van der Waals surface area contributed by atoms with Crippen LogP contribution in [0.1, 0.15) is 103 Å². The van der Waals surface area contributed by atoms with Gasteiger partial charge in [-0.15, -0.1) is 0 Å². The van der Waals surface area contributed by atoms with E-state index >= 15 is 0 Å². The SMILES string of the molecule is CCCCCCCCCCCCCCCC(=O)OC[C@H]1O[C@@H](n2c(N)nc3c(=O)[nH]c(N)nc32)[C@H](O)[C@@H]1O. The average molecular weight is 537 g/mol. The summed E-state index contributed by atoms with van der Waals surface area (Å²) < 4.78 is 12.2. The highest BCUT2D eigenvalue weighted by atomic mass is 16.6. The summed E-state index contributed by atoms with van der Waals surface area (Å²) in [5, 5.41) is 21.0. The molecule has 1 saturated heterocycles. The van der Waals surface area contributed by atoms with Gasteiger partial charge in [0.15, 0.2) is 17.4 Å². The van der Waals surface area contributed by atoms with Gasteiger partial charge in [0.25, 0.3) is 5.56 Å². The minimum atomic E-state index is -1.42. The number of nitrogens with zero attached hydrogens (tertiary/aromatic N) is 3. The molecular weight excluding hydrogens is 492 g/mol. The van der Waals surface area contributed by atoms with Crippen molar-refractivity contribution >= 4 is 29.0 Å². The van der Waals surface area contributed by atoms with E-state index in [9.17, 15) is 19.8 Å². The molecule has 0 saturated carbocycles. The molecule has 0 radical (unpaired) electrons. The number of carbonyl (C=O) groups excluding carboxylic acids is 1. The Morgan fingerprint density at radius 1 is 0.947 bits per heavy atom. The number of aliphatic hydroxyl groups is 2. The van der Waals surface area contributed by atoms with E-state index in [4.69, 9.17) is 20.9 Å². The van der Waals surface area contributed by atoms with Gasteiger partial charge in [-0.3, -0.25) is 19.1 Å². The third kappa shape index (κ3) is 8.15. The summed E-state index contributed by atoms with van der Waals surface area (Å²) in [4.78, 5) is 34.6. The number of H-pyrrole nitrogens is 1. The van der Waals surface area contributed by atoms with Crippen LogP contribution in [0.3, 0.4) is 0 Å². The number of anilines is 2. The van der Waals surface area contributed by atoms with E-state index in [2.05, 4.69) is 21.9 Å². The van der Waals surface area contributed by atoms with Crippen molar-refractivity contribution in [2.45, 2.75) is 121 Å². The summed E-state index contributed by atoms with van der Waals surface area (Å²) in [7, 11) is 0. The van der Waals surface area contributed by atoms with Crippen molar-refractivity contribution in [3.05, 3.63) is 10.4 Å². The first-order chi connectivity index (χ1) is 18.3. The number of hydrogen-bond acceptors (Lipinski definition) is 10. The molecule has 0 unspecified atom stereocenters. The van der Waals surface area contributed by atoms with Crippen LogP contribution >= 0.6 is 0 Å². The number of aromatic nitrogens is 4. The van der Waals surface area contributed by atoms with Gasteiger partial charge in [-0.2, -0.15) is 4.98 Å². The predicted molar refractivity (Wildman–Crippen MR) is 144 cm³/mol. The Kier molecular flexibility index (Phi) is 11.8. The zero-order valence-corrected chi connectivity index (χ0v) is 22.4. The van der Waals surface area contributed by atoms with E-state index < -0.39 is 30.1 Å². The molecule has 12 heteroatoms. The van der Waals surface area contributed by atoms with Gasteiger partial charge >= 0.3 is 5.97 Å². The molecule has 0 aromatic carbocycles. The average Bonchev–Trinajstić information content (AvgIpc) is 3.35. The standard InChI is InChI=1S/C26H44N6O6/c1-2-3-4-5-6-7-8-9-10-11-12-13-14-15-18(33)37-16-17-20(34)21(35)24(38-17)32-22-19(29-26(32)28)23(36)31-25(27)30-22/h17,20-21,24,34-35H,2-16H2,1H3,(H2,28,29)(H3,27,30,31,36)/t17-,20-,21-,24-/m1/s1. The Labute approximate surface area is 223 Å². The van der Waals surface area contributed by atoms with Crippen molar-refractivity contribution in [3.8, 4) is 0 Å². The van der Waals surface area contributed by atoms with Crippen molar-refractivity contribution < 1.29 is 24.5 Å². The summed E-state index contributed by atoms with van der Waals surface area (Å²) in [6.45, 7) is 2.01. The van der Waals surface area contributed by atoms with E-state index in [-0.39, 0.29) is 42.1 Å². The molecule has 1 aliphatic rings. The highest BCUT2D eigenvalue weighted by Crippen LogP contribution is 2.33. The second-order valence-corrected chi connectivity index (χ2v) is 10.2. The van der Waals surface area contributed by atoms with Crippen LogP contribution in [-0.4, -0.2) is 60.6 Å². The summed E-state index contributed by atoms with van der Waals surface area (Å²) >= 11 is 0. The van der Waals surface area contributed by atoms with E-state index in [0.717, 1.165) is 19.3 Å². The van der Waals surface area contributed by atoms with Crippen molar-refractivity contribution in [2.75, 3.05) is 18.1 Å². The number of imidazole rings is 1. The maximum atomic E-state index is 12.2. The number of esters is 1. The molecule has 12 nitrogen and oxygen atoms in total. The third-order valence-corrected chi connectivity index (χ3v) is 7.08. The van der Waals surface area contributed by atoms with Gasteiger partial charge in [-0.25, -0.2) is 4.98 Å². The van der Waals surface area contributed by atoms with Gasteiger partial charge in [0.1, 0.15) is 24.9 Å². The van der Waals surface area contributed by atoms with Gasteiger partial charge in [0, 0.05) is 6.42 Å². The number of fused-ring (bicyclic) bond motifs is 1. The first kappa shape index (κ1) is 29.9. The smallest absolute Gasteiger partial charge is 0.305 e. The first-order valence-corrected chi connectivity index (χ1v) is 14.0. The van der Waals surface area contributed by atoms with Crippen molar-refractivity contribution in [3.63, 3.8) is 0 Å². The number of aromatic amines is 1. The molecule has 1 fully saturated rings. The molecule has 0 amide bonds. The molecule has 0 bridgehead atoms. The molecule has 0 aliphatic carbocycles. The fraction of sp³-hybridized carbons (Fsp3) is 0.769. The monoisotopic (exact) mass is 536 g/mol. The molecule has 3 rings (SSSR count). The molecule has 3 heterocycles. The van der Waals surface area contributed by atoms with Crippen LogP contribution in [0, 0.1) is 0 Å². The maximum absolute atomic E-state index is 12.2. The number of nitrogens with two attached hydrogens (primary N) is 2. The summed E-state index contributed by atoms with van der Waals surface area (Å²) in [6.07, 6.45) is 11.3. The molecule has 7 N–H and O–H groups in total. The highest BCUT2D eigenvalue weighted by molar-refractivity contribution is 5.74. The van der Waals surface area contributed by atoms with Crippen LogP contribution in [0.4, 0.5) is 11.9 Å². The first-order valence-electron chi connectivity index (χ1n) is 14.0. The Balaban J connectivity index is 1.32. The molecule has 2 aromatic heterocycles. The molecule has 214 valence electrons. The lowest BCUT2D eigenvalue weighted by Crippen LogP contribution is -2.34. The predicted octanol–water partition coefficient (Wildman–Crippen LogP) is 2.93. The lowest BCUT2D eigenvalue weighted by molar-refractivity contribution is -0.150. The summed E-state index contributed by atoms with van der Waals surface area (Å²) in [6, 6.07) is 0. The summed E-state index contributed by atoms with van der Waals surface area (Å²) in [5.41, 5.74) is 10.9. The molecule has 1 aliphatic heterocycles. The largest absolute Gasteiger partial charge is 0.463 e. The number of hydrogen-bond donors (Lipinski definition) is 5. The second kappa shape index (κ2) is 15.0. The van der Waals surface area contributed by atoms with Crippen molar-refractivity contribution in [1.29, 1.82) is 0 Å². The number of ether oxygens (including phenoxy) is 2. The second-order valence-electron chi connectivity index (χ2n) is 10.2. The van der Waals surface area contributed by atoms with E-state index in [0.29, 0.717) is 0 Å². The maximum Gasteiger partial charge on any atom is 0.305 e. The van der Waals surface area contributed by atoms with Crippen LogP contribution in [0.5, 0.6) is 0 Å². The van der Waals surface area contributed by atoms with E-state index in [1.54, 1.807) is 0 Å². The third-order valence-electron chi connectivity index (χ3n) is 7.08. The van der Waals surface area contributed by atoms with E-state index in [1.165, 1.54) is 68.8 Å². The quantitative estimate of drug-likeness (QED) is 0.148. The number of aliphatic hydroxyl groups excluding tert-OH is 2. The van der Waals surface area contributed by atoms with Crippen molar-refractivity contribution in [1.82, 2.24) is 19.5 Å². The number of rotatable bonds is 17. The fourth-order valence-electron chi connectivity index (χ4n) is 4.88. The van der Waals surface area contributed by atoms with Crippen LogP contribution in [0.25, 0.3) is 11.2 Å². The molecule has 0 spiro atoms. The Morgan fingerprint density at radius 2 is 1.53 bits per heavy atom.